The normalized spacial score (nSPS) is 10.9. The molecule has 0 atom stereocenters. The first-order valence-electron chi connectivity index (χ1n) is 8.80. The zero-order valence-electron chi connectivity index (χ0n) is 15.5. The van der Waals surface area contributed by atoms with E-state index in [-0.39, 0.29) is 5.91 Å². The summed E-state index contributed by atoms with van der Waals surface area (Å²) in [4.78, 5) is 14.3. The summed E-state index contributed by atoms with van der Waals surface area (Å²) in [5.41, 5.74) is 3.86. The van der Waals surface area contributed by atoms with Gasteiger partial charge >= 0.3 is 0 Å². The van der Waals surface area contributed by atoms with Crippen LogP contribution in [0.1, 0.15) is 12.0 Å². The van der Waals surface area contributed by atoms with Crippen molar-refractivity contribution in [2.75, 3.05) is 24.3 Å². The van der Waals surface area contributed by atoms with Crippen molar-refractivity contribution in [1.29, 1.82) is 5.26 Å². The van der Waals surface area contributed by atoms with Crippen molar-refractivity contribution in [1.82, 2.24) is 4.57 Å². The molecule has 0 aliphatic heterocycles. The van der Waals surface area contributed by atoms with E-state index < -0.39 is 0 Å². The first-order chi connectivity index (χ1) is 13.1. The number of nitrogens with zero attached hydrogens (tertiary/aromatic N) is 3. The quantitative estimate of drug-likeness (QED) is 0.669. The van der Waals surface area contributed by atoms with Crippen LogP contribution in [0.15, 0.2) is 60.8 Å². The maximum absolute atomic E-state index is 12.3. The topological polar surface area (TPSA) is 61.1 Å². The Balaban J connectivity index is 1.75. The molecule has 0 saturated carbocycles. The van der Waals surface area contributed by atoms with Crippen molar-refractivity contribution in [2.45, 2.75) is 13.0 Å². The maximum atomic E-state index is 12.3. The Hall–Kier alpha value is -3.52. The number of anilines is 2. The van der Waals surface area contributed by atoms with E-state index in [0.717, 1.165) is 27.8 Å². The minimum Gasteiger partial charge on any atom is -0.378 e. The number of nitrogens with one attached hydrogen (secondary N) is 1. The number of hydrogen-bond acceptors (Lipinski definition) is 3. The molecule has 1 heterocycles. The summed E-state index contributed by atoms with van der Waals surface area (Å²) in [7, 11) is 3.95. The van der Waals surface area contributed by atoms with Gasteiger partial charge in [0.15, 0.2) is 0 Å². The third-order valence-electron chi connectivity index (χ3n) is 4.35. The monoisotopic (exact) mass is 358 g/mol. The lowest BCUT2D eigenvalue weighted by molar-refractivity contribution is -0.111. The molecule has 5 heteroatoms. The number of aromatic nitrogens is 1. The smallest absolute Gasteiger partial charge is 0.248 e. The molecule has 0 fully saturated rings. The molecule has 1 amide bonds. The molecule has 0 radical (unpaired) electrons. The van der Waals surface area contributed by atoms with Crippen molar-refractivity contribution in [3.8, 4) is 6.07 Å². The molecule has 1 aromatic heterocycles. The van der Waals surface area contributed by atoms with Gasteiger partial charge in [0, 0.05) is 60.8 Å². The van der Waals surface area contributed by atoms with Gasteiger partial charge in [0.25, 0.3) is 0 Å². The van der Waals surface area contributed by atoms with Crippen molar-refractivity contribution >= 4 is 34.3 Å². The van der Waals surface area contributed by atoms with E-state index in [2.05, 4.69) is 16.0 Å². The van der Waals surface area contributed by atoms with Crippen LogP contribution < -0.4 is 10.2 Å². The van der Waals surface area contributed by atoms with Crippen molar-refractivity contribution < 1.29 is 4.79 Å². The average Bonchev–Trinajstić information content (AvgIpc) is 3.03. The van der Waals surface area contributed by atoms with Gasteiger partial charge in [-0.3, -0.25) is 4.79 Å². The second kappa shape index (κ2) is 8.24. The van der Waals surface area contributed by atoms with E-state index in [1.807, 2.05) is 79.8 Å². The lowest BCUT2D eigenvalue weighted by Gasteiger charge is -2.12. The minimum absolute atomic E-state index is 0.179. The highest BCUT2D eigenvalue weighted by molar-refractivity contribution is 6.03. The lowest BCUT2D eigenvalue weighted by Crippen LogP contribution is -2.10. The Morgan fingerprint density at radius 2 is 1.93 bits per heavy atom. The zero-order valence-corrected chi connectivity index (χ0v) is 15.5. The van der Waals surface area contributed by atoms with Gasteiger partial charge in [0.2, 0.25) is 5.91 Å². The summed E-state index contributed by atoms with van der Waals surface area (Å²) in [6.45, 7) is 0.634. The first kappa shape index (κ1) is 18.3. The standard InChI is InChI=1S/C22H22N4O/c1-25(2)19-11-9-18(10-12-19)24-22(27)13-8-17-16-26(15-5-14-23)21-7-4-3-6-20(17)21/h3-4,6-13,16H,5,15H2,1-2H3,(H,24,27). The van der Waals surface area contributed by atoms with Gasteiger partial charge < -0.3 is 14.8 Å². The number of rotatable bonds is 6. The number of carbonyl (C=O) groups excluding carboxylic acids is 1. The van der Waals surface area contributed by atoms with E-state index in [1.54, 1.807) is 0 Å². The molecule has 136 valence electrons. The number of amides is 1. The van der Waals surface area contributed by atoms with Crippen molar-refractivity contribution in [3.05, 3.63) is 66.4 Å². The Bertz CT molecular complexity index is 1010. The molecule has 3 rings (SSSR count). The average molecular weight is 358 g/mol. The molecule has 0 aliphatic rings. The molecule has 2 aromatic carbocycles. The molecule has 0 spiro atoms. The summed E-state index contributed by atoms with van der Waals surface area (Å²) in [6, 6.07) is 17.9. The SMILES string of the molecule is CN(C)c1ccc(NC(=O)C=Cc2cn(CCC#N)c3ccccc23)cc1. The lowest BCUT2D eigenvalue weighted by atomic mass is 10.1. The molecule has 1 N–H and O–H groups in total. The number of aryl methyl sites for hydroxylation is 1. The van der Waals surface area contributed by atoms with Crippen LogP contribution in [0.2, 0.25) is 0 Å². The maximum Gasteiger partial charge on any atom is 0.248 e. The van der Waals surface area contributed by atoms with Gasteiger partial charge in [-0.2, -0.15) is 5.26 Å². The highest BCUT2D eigenvalue weighted by Gasteiger charge is 2.06. The number of fused-ring (bicyclic) bond motifs is 1. The summed E-state index contributed by atoms with van der Waals surface area (Å²) in [5.74, 6) is -0.179. The number of benzene rings is 2. The van der Waals surface area contributed by atoms with Gasteiger partial charge in [0.05, 0.1) is 12.5 Å². The highest BCUT2D eigenvalue weighted by atomic mass is 16.1. The second-order valence-electron chi connectivity index (χ2n) is 6.47. The van der Waals surface area contributed by atoms with E-state index in [4.69, 9.17) is 5.26 Å². The van der Waals surface area contributed by atoms with Crippen LogP contribution in [0.25, 0.3) is 17.0 Å². The van der Waals surface area contributed by atoms with Crippen molar-refractivity contribution in [3.63, 3.8) is 0 Å². The summed E-state index contributed by atoms with van der Waals surface area (Å²) in [6.07, 6.45) is 5.79. The minimum atomic E-state index is -0.179. The summed E-state index contributed by atoms with van der Waals surface area (Å²) < 4.78 is 2.05. The number of nitriles is 1. The largest absolute Gasteiger partial charge is 0.378 e. The van der Waals surface area contributed by atoms with Crippen LogP contribution in [0, 0.1) is 11.3 Å². The summed E-state index contributed by atoms with van der Waals surface area (Å²) in [5, 5.41) is 12.8. The number of hydrogen-bond donors (Lipinski definition) is 1. The molecule has 27 heavy (non-hydrogen) atoms. The molecule has 3 aromatic rings. The van der Waals surface area contributed by atoms with Gasteiger partial charge in [-0.05, 0) is 36.4 Å². The fourth-order valence-electron chi connectivity index (χ4n) is 2.96. The van der Waals surface area contributed by atoms with Gasteiger partial charge in [-0.25, -0.2) is 0 Å². The fraction of sp³-hybridized carbons (Fsp3) is 0.182. The molecule has 0 unspecified atom stereocenters. The predicted octanol–water partition coefficient (Wildman–Crippen LogP) is 4.27. The fourth-order valence-corrected chi connectivity index (χ4v) is 2.96. The van der Waals surface area contributed by atoms with Crippen LogP contribution in [0.4, 0.5) is 11.4 Å². The van der Waals surface area contributed by atoms with Crippen LogP contribution in [-0.4, -0.2) is 24.6 Å². The van der Waals surface area contributed by atoms with E-state index in [9.17, 15) is 4.79 Å². The third-order valence-corrected chi connectivity index (χ3v) is 4.35. The summed E-state index contributed by atoms with van der Waals surface area (Å²) >= 11 is 0. The van der Waals surface area contributed by atoms with E-state index in [0.29, 0.717) is 13.0 Å². The Morgan fingerprint density at radius 3 is 2.63 bits per heavy atom. The molecule has 5 nitrogen and oxygen atoms in total. The Labute approximate surface area is 159 Å². The number of para-hydroxylation sites is 1. The van der Waals surface area contributed by atoms with Gasteiger partial charge in [-0.15, -0.1) is 0 Å². The van der Waals surface area contributed by atoms with Crippen LogP contribution in [-0.2, 0) is 11.3 Å². The van der Waals surface area contributed by atoms with E-state index >= 15 is 0 Å². The predicted molar refractivity (Wildman–Crippen MR) is 111 cm³/mol. The second-order valence-corrected chi connectivity index (χ2v) is 6.47. The van der Waals surface area contributed by atoms with E-state index in [1.165, 1.54) is 6.08 Å². The van der Waals surface area contributed by atoms with Crippen molar-refractivity contribution in [2.24, 2.45) is 0 Å². The molecule has 0 saturated heterocycles. The van der Waals surface area contributed by atoms with Crippen LogP contribution in [0.5, 0.6) is 0 Å². The third kappa shape index (κ3) is 4.36. The molecule has 0 aliphatic carbocycles. The Kier molecular flexibility index (Phi) is 5.58. The van der Waals surface area contributed by atoms with Crippen LogP contribution in [0.3, 0.4) is 0 Å². The van der Waals surface area contributed by atoms with Crippen LogP contribution >= 0.6 is 0 Å². The molecular formula is C22H22N4O. The number of carbonyl (C=O) groups is 1. The van der Waals surface area contributed by atoms with Gasteiger partial charge in [0.1, 0.15) is 0 Å². The Morgan fingerprint density at radius 1 is 1.19 bits per heavy atom. The molecular weight excluding hydrogens is 336 g/mol. The highest BCUT2D eigenvalue weighted by Crippen LogP contribution is 2.23. The van der Waals surface area contributed by atoms with Gasteiger partial charge in [-0.1, -0.05) is 18.2 Å². The first-order valence-corrected chi connectivity index (χ1v) is 8.80. The zero-order chi connectivity index (χ0) is 19.2. The molecule has 0 bridgehead atoms.